The number of carbonyl (C=O) groups is 1. The number of hydrogen-bond donors (Lipinski definition) is 0. The second-order valence-corrected chi connectivity index (χ2v) is 6.92. The third kappa shape index (κ3) is 2.96. The first-order valence-electron chi connectivity index (χ1n) is 5.60. The molecular weight excluding hydrogens is 186 g/mol. The second-order valence-electron chi connectivity index (χ2n) is 6.92. The van der Waals surface area contributed by atoms with Gasteiger partial charge in [-0.25, -0.2) is 0 Å². The van der Waals surface area contributed by atoms with E-state index in [0.717, 1.165) is 0 Å². The monoisotopic (exact) mass is 213 g/mol. The van der Waals surface area contributed by atoms with E-state index < -0.39 is 0 Å². The summed E-state index contributed by atoms with van der Waals surface area (Å²) in [6.07, 6.45) is 0. The Labute approximate surface area is 95.0 Å². The predicted molar refractivity (Wildman–Crippen MR) is 65.8 cm³/mol. The number of carbonyl (C=O) groups excluding carboxylic acids is 1. The Balaban J connectivity index is 5.03. The fourth-order valence-corrected chi connectivity index (χ4v) is 1.26. The zero-order chi connectivity index (χ0) is 12.7. The molecule has 0 N–H and O–H groups in total. The van der Waals surface area contributed by atoms with Gasteiger partial charge in [0.05, 0.1) is 0 Å². The number of nitrogens with zero attached hydrogens (tertiary/aromatic N) is 1. The van der Waals surface area contributed by atoms with Crippen LogP contribution in [-0.2, 0) is 4.79 Å². The number of amides is 1. The highest BCUT2D eigenvalue weighted by Gasteiger charge is 2.41. The lowest BCUT2D eigenvalue weighted by Crippen LogP contribution is -2.56. The van der Waals surface area contributed by atoms with Crippen LogP contribution >= 0.6 is 0 Å². The first-order chi connectivity index (χ1) is 6.32. The fraction of sp³-hybridized carbons (Fsp3) is 0.923. The summed E-state index contributed by atoms with van der Waals surface area (Å²) in [6, 6.07) is 0. The van der Waals surface area contributed by atoms with Crippen molar-refractivity contribution >= 4 is 5.91 Å². The summed E-state index contributed by atoms with van der Waals surface area (Å²) < 4.78 is 0. The van der Waals surface area contributed by atoms with Crippen molar-refractivity contribution in [3.63, 3.8) is 0 Å². The van der Waals surface area contributed by atoms with Gasteiger partial charge >= 0.3 is 0 Å². The third-order valence-corrected chi connectivity index (χ3v) is 3.62. The lowest BCUT2D eigenvalue weighted by Gasteiger charge is -2.47. The van der Waals surface area contributed by atoms with Crippen molar-refractivity contribution in [3.8, 4) is 0 Å². The molecule has 0 saturated carbocycles. The van der Waals surface area contributed by atoms with Crippen LogP contribution < -0.4 is 0 Å². The van der Waals surface area contributed by atoms with Crippen LogP contribution in [0.2, 0.25) is 0 Å². The Kier molecular flexibility index (Phi) is 3.67. The average molecular weight is 213 g/mol. The molecule has 1 amide bonds. The van der Waals surface area contributed by atoms with Gasteiger partial charge in [0, 0.05) is 18.0 Å². The van der Waals surface area contributed by atoms with Crippen molar-refractivity contribution in [2.45, 2.75) is 60.9 Å². The Morgan fingerprint density at radius 3 is 1.40 bits per heavy atom. The molecule has 0 rings (SSSR count). The minimum atomic E-state index is -0.308. The van der Waals surface area contributed by atoms with Crippen LogP contribution in [0, 0.1) is 10.8 Å². The van der Waals surface area contributed by atoms with Gasteiger partial charge in [-0.3, -0.25) is 4.79 Å². The third-order valence-electron chi connectivity index (χ3n) is 3.62. The number of hydrogen-bond acceptors (Lipinski definition) is 1. The highest BCUT2D eigenvalue weighted by molar-refractivity contribution is 5.82. The normalized spacial score (nSPS) is 13.9. The van der Waals surface area contributed by atoms with Crippen molar-refractivity contribution in [1.29, 1.82) is 0 Å². The first kappa shape index (κ1) is 14.5. The molecule has 0 fully saturated rings. The highest BCUT2D eigenvalue weighted by atomic mass is 16.2. The summed E-state index contributed by atoms with van der Waals surface area (Å²) in [5.74, 6) is 0.197. The molecule has 0 spiro atoms. The molecule has 0 aromatic rings. The van der Waals surface area contributed by atoms with Gasteiger partial charge in [0.1, 0.15) is 0 Å². The van der Waals surface area contributed by atoms with E-state index in [1.165, 1.54) is 0 Å². The summed E-state index contributed by atoms with van der Waals surface area (Å²) in [5.41, 5.74) is -0.378. The molecule has 15 heavy (non-hydrogen) atoms. The number of rotatable bonds is 1. The van der Waals surface area contributed by atoms with Gasteiger partial charge in [-0.2, -0.15) is 0 Å². The lowest BCUT2D eigenvalue weighted by atomic mass is 9.74. The maximum absolute atomic E-state index is 12.2. The van der Waals surface area contributed by atoms with E-state index in [2.05, 4.69) is 34.6 Å². The molecule has 0 bridgehead atoms. The molecule has 0 aliphatic heterocycles. The van der Waals surface area contributed by atoms with E-state index >= 15 is 0 Å². The van der Waals surface area contributed by atoms with Crippen molar-refractivity contribution in [1.82, 2.24) is 4.90 Å². The van der Waals surface area contributed by atoms with Crippen LogP contribution in [0.4, 0.5) is 0 Å². The molecular formula is C13H27NO. The van der Waals surface area contributed by atoms with Crippen LogP contribution in [-0.4, -0.2) is 23.4 Å². The summed E-state index contributed by atoms with van der Waals surface area (Å²) in [6.45, 7) is 16.6. The molecule has 0 aromatic carbocycles. The van der Waals surface area contributed by atoms with Gasteiger partial charge < -0.3 is 4.90 Å². The smallest absolute Gasteiger partial charge is 0.228 e. The van der Waals surface area contributed by atoms with E-state index in [0.29, 0.717) is 0 Å². The summed E-state index contributed by atoms with van der Waals surface area (Å²) in [7, 11) is 1.90. The molecule has 90 valence electrons. The largest absolute Gasteiger partial charge is 0.340 e. The molecule has 0 aromatic heterocycles. The molecule has 0 heterocycles. The fourth-order valence-electron chi connectivity index (χ4n) is 1.26. The SMILES string of the molecule is CN(C(=O)C(C)(C)C)C(C)(C)C(C)(C)C. The van der Waals surface area contributed by atoms with Crippen LogP contribution in [0.15, 0.2) is 0 Å². The van der Waals surface area contributed by atoms with Crippen LogP contribution in [0.1, 0.15) is 55.4 Å². The highest BCUT2D eigenvalue weighted by Crippen LogP contribution is 2.36. The van der Waals surface area contributed by atoms with Gasteiger partial charge in [-0.15, -0.1) is 0 Å². The molecule has 0 saturated heterocycles. The second kappa shape index (κ2) is 3.80. The van der Waals surface area contributed by atoms with Gasteiger partial charge in [-0.1, -0.05) is 41.5 Å². The van der Waals surface area contributed by atoms with E-state index in [1.807, 2.05) is 32.7 Å². The minimum Gasteiger partial charge on any atom is -0.340 e. The Hall–Kier alpha value is -0.530. The minimum absolute atomic E-state index is 0.0721. The zero-order valence-electron chi connectivity index (χ0n) is 11.9. The first-order valence-corrected chi connectivity index (χ1v) is 5.60. The predicted octanol–water partition coefficient (Wildman–Crippen LogP) is 3.32. The Bertz CT molecular complexity index is 240. The van der Waals surface area contributed by atoms with E-state index in [4.69, 9.17) is 0 Å². The molecule has 2 heteroatoms. The van der Waals surface area contributed by atoms with Crippen molar-refractivity contribution in [3.05, 3.63) is 0 Å². The van der Waals surface area contributed by atoms with Crippen molar-refractivity contribution in [2.24, 2.45) is 10.8 Å². The topological polar surface area (TPSA) is 20.3 Å². The lowest BCUT2D eigenvalue weighted by molar-refractivity contribution is -0.147. The van der Waals surface area contributed by atoms with Gasteiger partial charge in [0.2, 0.25) is 5.91 Å². The van der Waals surface area contributed by atoms with Crippen LogP contribution in [0.25, 0.3) is 0 Å². The summed E-state index contributed by atoms with van der Waals surface area (Å²) in [4.78, 5) is 14.1. The quantitative estimate of drug-likeness (QED) is 0.654. The summed E-state index contributed by atoms with van der Waals surface area (Å²) >= 11 is 0. The van der Waals surface area contributed by atoms with Crippen molar-refractivity contribution < 1.29 is 4.79 Å². The summed E-state index contributed by atoms with van der Waals surface area (Å²) in [5, 5.41) is 0. The van der Waals surface area contributed by atoms with E-state index in [9.17, 15) is 4.79 Å². The maximum atomic E-state index is 12.2. The maximum Gasteiger partial charge on any atom is 0.228 e. The van der Waals surface area contributed by atoms with Crippen molar-refractivity contribution in [2.75, 3.05) is 7.05 Å². The molecule has 0 atom stereocenters. The van der Waals surface area contributed by atoms with E-state index in [-0.39, 0.29) is 22.3 Å². The molecule has 0 unspecified atom stereocenters. The Morgan fingerprint density at radius 2 is 1.20 bits per heavy atom. The zero-order valence-corrected chi connectivity index (χ0v) is 11.9. The van der Waals surface area contributed by atoms with Gasteiger partial charge in [0.15, 0.2) is 0 Å². The molecule has 0 radical (unpaired) electrons. The van der Waals surface area contributed by atoms with Gasteiger partial charge in [-0.05, 0) is 19.3 Å². The standard InChI is InChI=1S/C13H27NO/c1-11(2,3)10(15)14(9)13(7,8)12(4,5)6/h1-9H3. The van der Waals surface area contributed by atoms with Crippen LogP contribution in [0.5, 0.6) is 0 Å². The molecule has 0 aliphatic rings. The molecule has 2 nitrogen and oxygen atoms in total. The van der Waals surface area contributed by atoms with Gasteiger partial charge in [0.25, 0.3) is 0 Å². The average Bonchev–Trinajstić information content (AvgIpc) is 1.97. The molecule has 0 aliphatic carbocycles. The Morgan fingerprint density at radius 1 is 0.867 bits per heavy atom. The van der Waals surface area contributed by atoms with E-state index in [1.54, 1.807) is 0 Å². The van der Waals surface area contributed by atoms with Crippen LogP contribution in [0.3, 0.4) is 0 Å².